The first-order chi connectivity index (χ1) is 11.2. The highest BCUT2D eigenvalue weighted by molar-refractivity contribution is 6.31. The third kappa shape index (κ3) is 3.32. The zero-order valence-corrected chi connectivity index (χ0v) is 13.0. The number of hydrogen-bond acceptors (Lipinski definition) is 4. The van der Waals surface area contributed by atoms with Crippen LogP contribution in [0, 0.1) is 0 Å². The van der Waals surface area contributed by atoms with E-state index in [1.54, 1.807) is 36.7 Å². The number of hydrogen-bond donors (Lipinski definition) is 2. The first-order valence-corrected chi connectivity index (χ1v) is 7.16. The molecule has 0 saturated heterocycles. The second kappa shape index (κ2) is 6.50. The molecule has 0 spiro atoms. The molecule has 0 aliphatic heterocycles. The van der Waals surface area contributed by atoms with Crippen molar-refractivity contribution in [1.82, 2.24) is 15.2 Å². The smallest absolute Gasteiger partial charge is 0.260 e. The molecule has 7 heteroatoms. The van der Waals surface area contributed by atoms with E-state index in [0.29, 0.717) is 22.2 Å². The number of nitrogens with zero attached hydrogens (tertiary/aromatic N) is 2. The van der Waals surface area contributed by atoms with Gasteiger partial charge in [-0.25, -0.2) is 0 Å². The van der Waals surface area contributed by atoms with Crippen LogP contribution in [0.1, 0.15) is 10.4 Å². The fourth-order valence-electron chi connectivity index (χ4n) is 2.11. The fourth-order valence-corrected chi connectivity index (χ4v) is 2.28. The summed E-state index contributed by atoms with van der Waals surface area (Å²) >= 11 is 5.94. The molecule has 0 radical (unpaired) electrons. The summed E-state index contributed by atoms with van der Waals surface area (Å²) in [6, 6.07) is 10.3. The Hall–Kier alpha value is -2.86. The molecule has 2 N–H and O–H groups in total. The zero-order chi connectivity index (χ0) is 16.2. The number of aromatic amines is 1. The van der Waals surface area contributed by atoms with Crippen molar-refractivity contribution in [3.63, 3.8) is 0 Å². The first-order valence-electron chi connectivity index (χ1n) is 6.78. The van der Waals surface area contributed by atoms with Gasteiger partial charge in [-0.3, -0.25) is 14.9 Å². The van der Waals surface area contributed by atoms with Crippen molar-refractivity contribution < 1.29 is 9.53 Å². The number of rotatable bonds is 4. The minimum Gasteiger partial charge on any atom is -0.496 e. The van der Waals surface area contributed by atoms with Crippen LogP contribution in [0.4, 0.5) is 5.82 Å². The highest BCUT2D eigenvalue weighted by Gasteiger charge is 2.14. The van der Waals surface area contributed by atoms with Crippen LogP contribution in [0.15, 0.2) is 48.8 Å². The quantitative estimate of drug-likeness (QED) is 0.769. The van der Waals surface area contributed by atoms with Crippen LogP contribution in [0.25, 0.3) is 11.3 Å². The van der Waals surface area contributed by atoms with Crippen LogP contribution in [0.5, 0.6) is 5.75 Å². The molecular formula is C16H13ClN4O2. The summed E-state index contributed by atoms with van der Waals surface area (Å²) < 4.78 is 5.18. The monoisotopic (exact) mass is 328 g/mol. The van der Waals surface area contributed by atoms with Crippen LogP contribution in [-0.4, -0.2) is 28.2 Å². The molecule has 1 amide bonds. The normalized spacial score (nSPS) is 10.3. The number of H-pyrrole nitrogens is 1. The maximum Gasteiger partial charge on any atom is 0.260 e. The SMILES string of the molecule is COc1ccc(Cl)cc1C(=O)Nc1cc(-c2ccncc2)[nH]n1. The molecule has 0 unspecified atom stereocenters. The summed E-state index contributed by atoms with van der Waals surface area (Å²) in [6.07, 6.45) is 3.37. The molecule has 23 heavy (non-hydrogen) atoms. The summed E-state index contributed by atoms with van der Waals surface area (Å²) in [5.41, 5.74) is 2.04. The Kier molecular flexibility index (Phi) is 4.25. The van der Waals surface area contributed by atoms with Crippen molar-refractivity contribution in [2.24, 2.45) is 0 Å². The number of amides is 1. The average molecular weight is 329 g/mol. The third-order valence-electron chi connectivity index (χ3n) is 3.22. The van der Waals surface area contributed by atoms with E-state index in [1.807, 2.05) is 12.1 Å². The number of halogens is 1. The Morgan fingerprint density at radius 1 is 1.22 bits per heavy atom. The molecule has 3 rings (SSSR count). The van der Waals surface area contributed by atoms with Gasteiger partial charge in [0.25, 0.3) is 5.91 Å². The first kappa shape index (κ1) is 15.1. The molecular weight excluding hydrogens is 316 g/mol. The van der Waals surface area contributed by atoms with Crippen LogP contribution in [-0.2, 0) is 0 Å². The summed E-state index contributed by atoms with van der Waals surface area (Å²) in [7, 11) is 1.50. The van der Waals surface area contributed by atoms with Crippen LogP contribution >= 0.6 is 11.6 Å². The van der Waals surface area contributed by atoms with Gasteiger partial charge in [0, 0.05) is 29.0 Å². The number of ether oxygens (including phenoxy) is 1. The highest BCUT2D eigenvalue weighted by Crippen LogP contribution is 2.24. The van der Waals surface area contributed by atoms with Gasteiger partial charge in [-0.2, -0.15) is 5.10 Å². The van der Waals surface area contributed by atoms with Gasteiger partial charge in [0.2, 0.25) is 0 Å². The maximum atomic E-state index is 12.4. The number of anilines is 1. The van der Waals surface area contributed by atoms with E-state index in [1.165, 1.54) is 7.11 Å². The summed E-state index contributed by atoms with van der Waals surface area (Å²) in [5.74, 6) is 0.498. The van der Waals surface area contributed by atoms with Gasteiger partial charge in [0.05, 0.1) is 18.4 Å². The lowest BCUT2D eigenvalue weighted by atomic mass is 10.2. The molecule has 2 aromatic heterocycles. The molecule has 2 heterocycles. The number of carbonyl (C=O) groups excluding carboxylic acids is 1. The molecule has 6 nitrogen and oxygen atoms in total. The average Bonchev–Trinajstić information content (AvgIpc) is 3.04. The molecule has 0 aliphatic rings. The van der Waals surface area contributed by atoms with Gasteiger partial charge in [-0.05, 0) is 30.3 Å². The number of methoxy groups -OCH3 is 1. The fraction of sp³-hybridized carbons (Fsp3) is 0.0625. The molecule has 3 aromatic rings. The standard InChI is InChI=1S/C16H13ClN4O2/c1-23-14-3-2-11(17)8-12(14)16(22)19-15-9-13(20-21-15)10-4-6-18-7-5-10/h2-9H,1H3,(H2,19,20,21,22). The lowest BCUT2D eigenvalue weighted by Crippen LogP contribution is -2.13. The molecule has 116 valence electrons. The number of carbonyl (C=O) groups is 1. The Morgan fingerprint density at radius 3 is 2.74 bits per heavy atom. The van der Waals surface area contributed by atoms with Gasteiger partial charge in [-0.1, -0.05) is 11.6 Å². The number of nitrogens with one attached hydrogen (secondary N) is 2. The lowest BCUT2D eigenvalue weighted by molar-refractivity contribution is 0.102. The van der Waals surface area contributed by atoms with Gasteiger partial charge in [-0.15, -0.1) is 0 Å². The van der Waals surface area contributed by atoms with E-state index in [2.05, 4.69) is 20.5 Å². The Balaban J connectivity index is 1.82. The second-order valence-electron chi connectivity index (χ2n) is 4.70. The topological polar surface area (TPSA) is 79.9 Å². The van der Waals surface area contributed by atoms with E-state index < -0.39 is 0 Å². The van der Waals surface area contributed by atoms with E-state index >= 15 is 0 Å². The van der Waals surface area contributed by atoms with E-state index in [0.717, 1.165) is 11.3 Å². The summed E-state index contributed by atoms with van der Waals surface area (Å²) in [6.45, 7) is 0. The molecule has 1 aromatic carbocycles. The molecule has 0 fully saturated rings. The largest absolute Gasteiger partial charge is 0.496 e. The van der Waals surface area contributed by atoms with Crippen molar-refractivity contribution in [2.75, 3.05) is 12.4 Å². The van der Waals surface area contributed by atoms with Crippen molar-refractivity contribution in [3.8, 4) is 17.0 Å². The minimum absolute atomic E-state index is 0.341. The molecule has 0 bridgehead atoms. The van der Waals surface area contributed by atoms with Crippen LogP contribution < -0.4 is 10.1 Å². The summed E-state index contributed by atoms with van der Waals surface area (Å²) in [5, 5.41) is 10.1. The van der Waals surface area contributed by atoms with Gasteiger partial charge in [0.1, 0.15) is 5.75 Å². The van der Waals surface area contributed by atoms with Crippen molar-refractivity contribution >= 4 is 23.3 Å². The van der Waals surface area contributed by atoms with Gasteiger partial charge < -0.3 is 10.1 Å². The Labute approximate surface area is 137 Å². The zero-order valence-electron chi connectivity index (χ0n) is 12.2. The van der Waals surface area contributed by atoms with E-state index in [4.69, 9.17) is 16.3 Å². The van der Waals surface area contributed by atoms with Crippen LogP contribution in [0.3, 0.4) is 0 Å². The molecule has 0 aliphatic carbocycles. The second-order valence-corrected chi connectivity index (χ2v) is 5.14. The Morgan fingerprint density at radius 2 is 2.00 bits per heavy atom. The van der Waals surface area contributed by atoms with Gasteiger partial charge >= 0.3 is 0 Å². The predicted molar refractivity (Wildman–Crippen MR) is 87.8 cm³/mol. The summed E-state index contributed by atoms with van der Waals surface area (Å²) in [4.78, 5) is 16.3. The number of pyridine rings is 1. The molecule has 0 saturated carbocycles. The van der Waals surface area contributed by atoms with Crippen molar-refractivity contribution in [3.05, 3.63) is 59.4 Å². The van der Waals surface area contributed by atoms with Crippen molar-refractivity contribution in [1.29, 1.82) is 0 Å². The number of aromatic nitrogens is 3. The predicted octanol–water partition coefficient (Wildman–Crippen LogP) is 3.39. The molecule has 0 atom stereocenters. The Bertz CT molecular complexity index is 833. The minimum atomic E-state index is -0.350. The van der Waals surface area contributed by atoms with E-state index in [9.17, 15) is 4.79 Å². The lowest BCUT2D eigenvalue weighted by Gasteiger charge is -2.08. The van der Waals surface area contributed by atoms with Crippen molar-refractivity contribution in [2.45, 2.75) is 0 Å². The number of benzene rings is 1. The van der Waals surface area contributed by atoms with Gasteiger partial charge in [0.15, 0.2) is 5.82 Å². The van der Waals surface area contributed by atoms with E-state index in [-0.39, 0.29) is 5.91 Å². The third-order valence-corrected chi connectivity index (χ3v) is 3.45. The van der Waals surface area contributed by atoms with Crippen LogP contribution in [0.2, 0.25) is 5.02 Å². The highest BCUT2D eigenvalue weighted by atomic mass is 35.5. The maximum absolute atomic E-state index is 12.4.